The maximum absolute atomic E-state index is 12.0. The molecule has 1 N–H and O–H groups in total. The normalized spacial score (nSPS) is 15.2. The summed E-state index contributed by atoms with van der Waals surface area (Å²) in [7, 11) is 1.70. The van der Waals surface area contributed by atoms with E-state index < -0.39 is 5.97 Å². The highest BCUT2D eigenvalue weighted by Crippen LogP contribution is 2.17. The molecule has 1 heterocycles. The number of esters is 1. The Bertz CT molecular complexity index is 631. The summed E-state index contributed by atoms with van der Waals surface area (Å²) >= 11 is 0. The van der Waals surface area contributed by atoms with Gasteiger partial charge in [0.25, 0.3) is 5.91 Å². The fourth-order valence-electron chi connectivity index (χ4n) is 3.01. The zero-order chi connectivity index (χ0) is 18.8. The second-order valence-electron chi connectivity index (χ2n) is 6.64. The highest BCUT2D eigenvalue weighted by Gasteiger charge is 2.16. The molecule has 1 aliphatic rings. The average molecular weight is 358 g/mol. The lowest BCUT2D eigenvalue weighted by Gasteiger charge is -2.21. The number of ether oxygens (including phenoxy) is 1. The van der Waals surface area contributed by atoms with Gasteiger partial charge in [0.05, 0.1) is 5.56 Å². The van der Waals surface area contributed by atoms with E-state index in [2.05, 4.69) is 10.3 Å². The van der Waals surface area contributed by atoms with Gasteiger partial charge in [-0.1, -0.05) is 32.1 Å². The summed E-state index contributed by atoms with van der Waals surface area (Å²) in [5.41, 5.74) is 0.454. The van der Waals surface area contributed by atoms with E-state index in [1.807, 2.05) is 6.07 Å². The molecule has 7 heteroatoms. The van der Waals surface area contributed by atoms with Gasteiger partial charge in [0.15, 0.2) is 6.61 Å². The predicted molar refractivity (Wildman–Crippen MR) is 97.4 cm³/mol. The molecular weight excluding hydrogens is 332 g/mol. The minimum absolute atomic E-state index is 0.0182. The third-order valence-electron chi connectivity index (χ3n) is 4.47. The van der Waals surface area contributed by atoms with E-state index in [1.54, 1.807) is 24.1 Å². The molecule has 0 radical (unpaired) electrons. The molecule has 0 bridgehead atoms. The van der Waals surface area contributed by atoms with Crippen LogP contribution in [0.5, 0.6) is 0 Å². The summed E-state index contributed by atoms with van der Waals surface area (Å²) < 4.78 is 5.07. The number of nitriles is 1. The van der Waals surface area contributed by atoms with Crippen LogP contribution in [-0.2, 0) is 14.3 Å². The van der Waals surface area contributed by atoms with Gasteiger partial charge in [-0.25, -0.2) is 4.98 Å². The zero-order valence-corrected chi connectivity index (χ0v) is 15.2. The minimum atomic E-state index is -0.494. The Labute approximate surface area is 154 Å². The number of hydrogen-bond donors (Lipinski definition) is 1. The number of likely N-dealkylation sites (N-methyl/N-ethyl adjacent to an activating group) is 1. The molecule has 0 spiro atoms. The number of hydrogen-bond acceptors (Lipinski definition) is 6. The van der Waals surface area contributed by atoms with E-state index in [0.29, 0.717) is 11.4 Å². The molecule has 0 aromatic carbocycles. The van der Waals surface area contributed by atoms with Crippen molar-refractivity contribution in [3.63, 3.8) is 0 Å². The highest BCUT2D eigenvalue weighted by molar-refractivity contribution is 5.82. The second-order valence-corrected chi connectivity index (χ2v) is 6.64. The van der Waals surface area contributed by atoms with E-state index in [0.717, 1.165) is 25.7 Å². The molecule has 1 fully saturated rings. The monoisotopic (exact) mass is 358 g/mol. The Morgan fingerprint density at radius 2 is 1.96 bits per heavy atom. The van der Waals surface area contributed by atoms with Crippen LogP contribution < -0.4 is 10.2 Å². The first-order chi connectivity index (χ1) is 12.6. The molecule has 2 rings (SSSR count). The summed E-state index contributed by atoms with van der Waals surface area (Å²) in [5, 5.41) is 11.7. The third kappa shape index (κ3) is 6.71. The van der Waals surface area contributed by atoms with Crippen LogP contribution in [0.4, 0.5) is 5.82 Å². The van der Waals surface area contributed by atoms with Gasteiger partial charge in [0.1, 0.15) is 18.4 Å². The van der Waals surface area contributed by atoms with E-state index in [4.69, 9.17) is 10.00 Å². The lowest BCUT2D eigenvalue weighted by Crippen LogP contribution is -2.39. The summed E-state index contributed by atoms with van der Waals surface area (Å²) in [6.45, 7) is -0.278. The van der Waals surface area contributed by atoms with Crippen molar-refractivity contribution < 1.29 is 14.3 Å². The fraction of sp³-hybridized carbons (Fsp3) is 0.579. The van der Waals surface area contributed by atoms with Crippen LogP contribution in [0.25, 0.3) is 0 Å². The first kappa shape index (κ1) is 19.7. The van der Waals surface area contributed by atoms with Gasteiger partial charge in [0, 0.05) is 19.3 Å². The van der Waals surface area contributed by atoms with Crippen molar-refractivity contribution in [2.75, 3.05) is 25.1 Å². The van der Waals surface area contributed by atoms with Gasteiger partial charge in [0.2, 0.25) is 0 Å². The van der Waals surface area contributed by atoms with Crippen molar-refractivity contribution >= 4 is 17.7 Å². The van der Waals surface area contributed by atoms with Gasteiger partial charge in [-0.05, 0) is 25.0 Å². The standard InChI is InChI=1S/C19H26N4O3/c1-23(17-10-9-15(11-20)12-21-17)13-19(25)26-14-18(24)22-16-7-5-3-2-4-6-8-16/h9-10,12,16H,2-8,13-14H2,1H3,(H,22,24). The van der Waals surface area contributed by atoms with Crippen molar-refractivity contribution in [1.29, 1.82) is 5.26 Å². The first-order valence-corrected chi connectivity index (χ1v) is 9.11. The molecule has 0 saturated heterocycles. The number of pyridine rings is 1. The molecule has 1 aromatic rings. The van der Waals surface area contributed by atoms with Crippen molar-refractivity contribution in [3.8, 4) is 6.07 Å². The molecule has 1 saturated carbocycles. The Hall–Kier alpha value is -2.62. The van der Waals surface area contributed by atoms with Gasteiger partial charge in [-0.15, -0.1) is 0 Å². The quantitative estimate of drug-likeness (QED) is 0.783. The number of rotatable bonds is 6. The summed E-state index contributed by atoms with van der Waals surface area (Å²) in [4.78, 5) is 29.6. The lowest BCUT2D eigenvalue weighted by molar-refractivity contribution is -0.147. The number of anilines is 1. The fourth-order valence-corrected chi connectivity index (χ4v) is 3.01. The molecule has 0 unspecified atom stereocenters. The van der Waals surface area contributed by atoms with Gasteiger partial charge >= 0.3 is 5.97 Å². The van der Waals surface area contributed by atoms with Gasteiger partial charge < -0.3 is 15.0 Å². The number of aromatic nitrogens is 1. The van der Waals surface area contributed by atoms with Crippen LogP contribution in [0.2, 0.25) is 0 Å². The molecule has 1 aromatic heterocycles. The summed E-state index contributed by atoms with van der Waals surface area (Å²) in [5.74, 6) is -0.186. The number of carbonyl (C=O) groups is 2. The maximum Gasteiger partial charge on any atom is 0.326 e. The number of nitrogens with zero attached hydrogens (tertiary/aromatic N) is 3. The van der Waals surface area contributed by atoms with Crippen LogP contribution in [0.3, 0.4) is 0 Å². The van der Waals surface area contributed by atoms with Gasteiger partial charge in [-0.2, -0.15) is 5.26 Å². The molecular formula is C19H26N4O3. The smallest absolute Gasteiger partial charge is 0.326 e. The SMILES string of the molecule is CN(CC(=O)OCC(=O)NC1CCCCCCC1)c1ccc(C#N)cn1. The number of carbonyl (C=O) groups excluding carboxylic acids is 2. The Morgan fingerprint density at radius 1 is 1.27 bits per heavy atom. The summed E-state index contributed by atoms with van der Waals surface area (Å²) in [6.07, 6.45) is 9.41. The zero-order valence-electron chi connectivity index (χ0n) is 15.2. The highest BCUT2D eigenvalue weighted by atomic mass is 16.5. The van der Waals surface area contributed by atoms with Crippen molar-refractivity contribution in [1.82, 2.24) is 10.3 Å². The molecule has 1 aliphatic carbocycles. The Morgan fingerprint density at radius 3 is 2.58 bits per heavy atom. The Balaban J connectivity index is 1.71. The van der Waals surface area contributed by atoms with Crippen LogP contribution in [0.1, 0.15) is 50.5 Å². The third-order valence-corrected chi connectivity index (χ3v) is 4.47. The molecule has 1 amide bonds. The van der Waals surface area contributed by atoms with Crippen molar-refractivity contribution in [2.24, 2.45) is 0 Å². The number of amides is 1. The molecule has 7 nitrogen and oxygen atoms in total. The Kier molecular flexibility index (Phi) is 7.87. The second kappa shape index (κ2) is 10.4. The molecule has 0 atom stereocenters. The first-order valence-electron chi connectivity index (χ1n) is 9.11. The average Bonchev–Trinajstić information content (AvgIpc) is 2.62. The lowest BCUT2D eigenvalue weighted by atomic mass is 9.97. The minimum Gasteiger partial charge on any atom is -0.454 e. The van der Waals surface area contributed by atoms with Crippen LogP contribution >= 0.6 is 0 Å². The molecule has 140 valence electrons. The molecule has 26 heavy (non-hydrogen) atoms. The predicted octanol–water partition coefficient (Wildman–Crippen LogP) is 2.16. The molecule has 0 aliphatic heterocycles. The van der Waals surface area contributed by atoms with E-state index in [-0.39, 0.29) is 25.1 Å². The van der Waals surface area contributed by atoms with Crippen molar-refractivity contribution in [3.05, 3.63) is 23.9 Å². The summed E-state index contributed by atoms with van der Waals surface area (Å²) in [6, 6.07) is 5.47. The number of nitrogens with one attached hydrogen (secondary N) is 1. The largest absolute Gasteiger partial charge is 0.454 e. The van der Waals surface area contributed by atoms with Crippen molar-refractivity contribution in [2.45, 2.75) is 51.0 Å². The topological polar surface area (TPSA) is 95.3 Å². The van der Waals surface area contributed by atoms with Crippen LogP contribution in [0, 0.1) is 11.3 Å². The van der Waals surface area contributed by atoms with E-state index >= 15 is 0 Å². The maximum atomic E-state index is 12.0. The van der Waals surface area contributed by atoms with Crippen LogP contribution in [-0.4, -0.2) is 43.1 Å². The van der Waals surface area contributed by atoms with Crippen LogP contribution in [0.15, 0.2) is 18.3 Å². The van der Waals surface area contributed by atoms with Gasteiger partial charge in [-0.3, -0.25) is 9.59 Å². The van der Waals surface area contributed by atoms with E-state index in [1.165, 1.54) is 25.5 Å². The van der Waals surface area contributed by atoms with E-state index in [9.17, 15) is 9.59 Å².